The maximum Gasteiger partial charge on any atom is 0.268 e. The number of carbonyl (C=O) groups excluding carboxylic acids is 2. The molecule has 1 atom stereocenters. The minimum atomic E-state index is -3.26. The molecule has 0 aliphatic carbocycles. The Kier molecular flexibility index (Phi) is 6.71. The van der Waals surface area contributed by atoms with Gasteiger partial charge in [-0.25, -0.2) is 13.1 Å². The summed E-state index contributed by atoms with van der Waals surface area (Å²) in [7, 11) is -1.59. The minimum absolute atomic E-state index is 0.0695. The number of nitrogens with zero attached hydrogens (tertiary/aromatic N) is 2. The van der Waals surface area contributed by atoms with Gasteiger partial charge in [-0.3, -0.25) is 9.59 Å². The molecule has 0 spiro atoms. The Labute approximate surface area is 175 Å². The van der Waals surface area contributed by atoms with Crippen molar-refractivity contribution in [1.29, 1.82) is 0 Å². The normalized spacial score (nSPS) is 17.2. The van der Waals surface area contributed by atoms with Gasteiger partial charge in [-0.05, 0) is 42.3 Å². The molecule has 2 amide bonds. The lowest BCUT2D eigenvalue weighted by Gasteiger charge is -2.33. The molecular weight excluding hydrogens is 410 g/mol. The number of para-hydroxylation sites is 1. The molecule has 2 heterocycles. The fourth-order valence-electron chi connectivity index (χ4n) is 3.48. The number of likely N-dealkylation sites (tertiary alicyclic amines) is 1. The lowest BCUT2D eigenvalue weighted by atomic mass is 9.97. The molecule has 1 aliphatic heterocycles. The fraction of sp³-hybridized carbons (Fsp3) is 0.400. The number of anilines is 1. The number of piperidine rings is 1. The Morgan fingerprint density at radius 3 is 2.69 bits per heavy atom. The summed E-state index contributed by atoms with van der Waals surface area (Å²) in [5.74, 6) is -0.232. The SMILES string of the molecule is CN(C(=O)c1cccs1)c1ccccc1C(=O)N1CCC[C@@H](CNS(C)(=O)=O)C1. The van der Waals surface area contributed by atoms with Gasteiger partial charge in [0.15, 0.2) is 0 Å². The van der Waals surface area contributed by atoms with Crippen LogP contribution in [0, 0.1) is 5.92 Å². The van der Waals surface area contributed by atoms with Crippen molar-refractivity contribution in [3.05, 3.63) is 52.2 Å². The lowest BCUT2D eigenvalue weighted by Crippen LogP contribution is -2.44. The Morgan fingerprint density at radius 2 is 2.00 bits per heavy atom. The molecule has 156 valence electrons. The highest BCUT2D eigenvalue weighted by molar-refractivity contribution is 7.88. The zero-order valence-corrected chi connectivity index (χ0v) is 18.1. The van der Waals surface area contributed by atoms with Gasteiger partial charge in [0, 0.05) is 26.7 Å². The molecule has 1 N–H and O–H groups in total. The van der Waals surface area contributed by atoms with Gasteiger partial charge in [-0.15, -0.1) is 11.3 Å². The third-order valence-corrected chi connectivity index (χ3v) is 6.52. The first-order valence-corrected chi connectivity index (χ1v) is 12.2. The van der Waals surface area contributed by atoms with Crippen molar-refractivity contribution in [3.8, 4) is 0 Å². The van der Waals surface area contributed by atoms with Gasteiger partial charge in [0.1, 0.15) is 0 Å². The molecule has 1 fully saturated rings. The van der Waals surface area contributed by atoms with Gasteiger partial charge in [0.25, 0.3) is 11.8 Å². The van der Waals surface area contributed by atoms with Gasteiger partial charge in [0.05, 0.1) is 22.4 Å². The van der Waals surface area contributed by atoms with Crippen molar-refractivity contribution in [1.82, 2.24) is 9.62 Å². The van der Waals surface area contributed by atoms with Crippen LogP contribution in [0.15, 0.2) is 41.8 Å². The quantitative estimate of drug-likeness (QED) is 0.755. The van der Waals surface area contributed by atoms with E-state index in [0.717, 1.165) is 19.1 Å². The molecule has 9 heteroatoms. The average molecular weight is 436 g/mol. The molecule has 1 aromatic carbocycles. The number of thiophene rings is 1. The highest BCUT2D eigenvalue weighted by Crippen LogP contribution is 2.26. The first-order chi connectivity index (χ1) is 13.8. The topological polar surface area (TPSA) is 86.8 Å². The van der Waals surface area contributed by atoms with E-state index < -0.39 is 10.0 Å². The second-order valence-corrected chi connectivity index (χ2v) is 10.0. The molecule has 29 heavy (non-hydrogen) atoms. The van der Waals surface area contributed by atoms with Crippen LogP contribution < -0.4 is 9.62 Å². The number of hydrogen-bond acceptors (Lipinski definition) is 5. The summed E-state index contributed by atoms with van der Waals surface area (Å²) in [5, 5.41) is 1.84. The minimum Gasteiger partial charge on any atom is -0.338 e. The third-order valence-electron chi connectivity index (χ3n) is 4.97. The molecule has 0 radical (unpaired) electrons. The average Bonchev–Trinajstić information content (AvgIpc) is 3.25. The number of amides is 2. The van der Waals surface area contributed by atoms with Crippen LogP contribution in [-0.4, -0.2) is 58.1 Å². The summed E-state index contributed by atoms with van der Waals surface area (Å²) in [5.41, 5.74) is 1.03. The van der Waals surface area contributed by atoms with E-state index in [1.165, 1.54) is 16.2 Å². The Balaban J connectivity index is 1.76. The zero-order valence-electron chi connectivity index (χ0n) is 16.5. The number of hydrogen-bond donors (Lipinski definition) is 1. The molecule has 1 saturated heterocycles. The van der Waals surface area contributed by atoms with Crippen molar-refractivity contribution in [2.45, 2.75) is 12.8 Å². The van der Waals surface area contributed by atoms with Crippen LogP contribution in [0.1, 0.15) is 32.9 Å². The second-order valence-electron chi connectivity index (χ2n) is 7.24. The van der Waals surface area contributed by atoms with E-state index >= 15 is 0 Å². The summed E-state index contributed by atoms with van der Waals surface area (Å²) < 4.78 is 25.3. The van der Waals surface area contributed by atoms with Crippen molar-refractivity contribution in [2.24, 2.45) is 5.92 Å². The zero-order chi connectivity index (χ0) is 21.0. The molecule has 3 rings (SSSR count). The molecule has 0 saturated carbocycles. The van der Waals surface area contributed by atoms with E-state index in [1.807, 2.05) is 11.4 Å². The van der Waals surface area contributed by atoms with Crippen LogP contribution in [0.5, 0.6) is 0 Å². The first-order valence-electron chi connectivity index (χ1n) is 9.41. The summed E-state index contributed by atoms with van der Waals surface area (Å²) >= 11 is 1.36. The van der Waals surface area contributed by atoms with Crippen LogP contribution in [0.4, 0.5) is 5.69 Å². The van der Waals surface area contributed by atoms with Gasteiger partial charge >= 0.3 is 0 Å². The highest BCUT2D eigenvalue weighted by Gasteiger charge is 2.28. The molecule has 2 aromatic rings. The summed E-state index contributed by atoms with van der Waals surface area (Å²) in [6.45, 7) is 1.42. The molecule has 0 unspecified atom stereocenters. The van der Waals surface area contributed by atoms with Gasteiger partial charge in [0.2, 0.25) is 10.0 Å². The third kappa shape index (κ3) is 5.43. The number of sulfonamides is 1. The van der Waals surface area contributed by atoms with Crippen molar-refractivity contribution >= 4 is 38.9 Å². The Morgan fingerprint density at radius 1 is 1.24 bits per heavy atom. The van der Waals surface area contributed by atoms with E-state index in [2.05, 4.69) is 4.72 Å². The molecular formula is C20H25N3O4S2. The first kappa shape index (κ1) is 21.5. The maximum absolute atomic E-state index is 13.2. The fourth-order valence-corrected chi connectivity index (χ4v) is 4.71. The second kappa shape index (κ2) is 9.06. The number of nitrogens with one attached hydrogen (secondary N) is 1. The van der Waals surface area contributed by atoms with E-state index in [-0.39, 0.29) is 17.7 Å². The van der Waals surface area contributed by atoms with Crippen LogP contribution in [-0.2, 0) is 10.0 Å². The predicted molar refractivity (Wildman–Crippen MR) is 115 cm³/mol. The standard InChI is InChI=1S/C20H25N3O4S2/c1-22(20(25)18-10-6-12-28-18)17-9-4-3-8-16(17)19(24)23-11-5-7-15(14-23)13-21-29(2,26)27/h3-4,6,8-10,12,15,21H,5,7,11,13-14H2,1-2H3/t15-/m0/s1. The van der Waals surface area contributed by atoms with E-state index in [1.54, 1.807) is 42.3 Å². The van der Waals surface area contributed by atoms with Crippen LogP contribution in [0.2, 0.25) is 0 Å². The van der Waals surface area contributed by atoms with Crippen molar-refractivity contribution in [3.63, 3.8) is 0 Å². The highest BCUT2D eigenvalue weighted by atomic mass is 32.2. The van der Waals surface area contributed by atoms with Crippen molar-refractivity contribution < 1.29 is 18.0 Å². The number of benzene rings is 1. The molecule has 1 aliphatic rings. The monoisotopic (exact) mass is 435 g/mol. The van der Waals surface area contributed by atoms with E-state index in [0.29, 0.717) is 35.8 Å². The van der Waals surface area contributed by atoms with Crippen LogP contribution in [0.25, 0.3) is 0 Å². The van der Waals surface area contributed by atoms with Crippen LogP contribution in [0.3, 0.4) is 0 Å². The largest absolute Gasteiger partial charge is 0.338 e. The predicted octanol–water partition coefficient (Wildman–Crippen LogP) is 2.43. The maximum atomic E-state index is 13.2. The van der Waals surface area contributed by atoms with Crippen molar-refractivity contribution in [2.75, 3.05) is 37.8 Å². The van der Waals surface area contributed by atoms with E-state index in [9.17, 15) is 18.0 Å². The lowest BCUT2D eigenvalue weighted by molar-refractivity contribution is 0.0677. The smallest absolute Gasteiger partial charge is 0.268 e. The summed E-state index contributed by atoms with van der Waals surface area (Å²) in [6.07, 6.45) is 2.81. The number of rotatable bonds is 6. The summed E-state index contributed by atoms with van der Waals surface area (Å²) in [4.78, 5) is 29.8. The van der Waals surface area contributed by atoms with Gasteiger partial charge in [-0.2, -0.15) is 0 Å². The molecule has 1 aromatic heterocycles. The van der Waals surface area contributed by atoms with Crippen LogP contribution >= 0.6 is 11.3 Å². The molecule has 0 bridgehead atoms. The van der Waals surface area contributed by atoms with Gasteiger partial charge in [-0.1, -0.05) is 18.2 Å². The number of carbonyl (C=O) groups is 2. The Hall–Kier alpha value is -2.23. The molecule has 7 nitrogen and oxygen atoms in total. The Bertz CT molecular complexity index is 973. The van der Waals surface area contributed by atoms with E-state index in [4.69, 9.17) is 0 Å². The van der Waals surface area contributed by atoms with Gasteiger partial charge < -0.3 is 9.80 Å². The summed E-state index contributed by atoms with van der Waals surface area (Å²) in [6, 6.07) is 10.7.